The van der Waals surface area contributed by atoms with Gasteiger partial charge in [0.1, 0.15) is 0 Å². The van der Waals surface area contributed by atoms with Gasteiger partial charge in [0.05, 0.1) is 67.7 Å². The van der Waals surface area contributed by atoms with Crippen LogP contribution in [0.5, 0.6) is 0 Å². The molecule has 0 saturated heterocycles. The van der Waals surface area contributed by atoms with Crippen molar-refractivity contribution in [2.75, 3.05) is 0 Å². The molecular weight excluding hydrogens is 1380 g/mol. The highest BCUT2D eigenvalue weighted by molar-refractivity contribution is 6.53. The highest BCUT2D eigenvalue weighted by atomic mass is 14.9. The van der Waals surface area contributed by atoms with Gasteiger partial charge in [0, 0.05) is 79.2 Å². The quantitative estimate of drug-likeness (QED) is 0.107. The van der Waals surface area contributed by atoms with Crippen LogP contribution >= 0.6 is 0 Å². The molecule has 0 radical (unpaired) electrons. The van der Waals surface area contributed by atoms with Crippen LogP contribution in [-0.2, 0) is 0 Å². The van der Waals surface area contributed by atoms with Crippen LogP contribution in [0.1, 0.15) is 55.9 Å². The first-order valence-electron chi connectivity index (χ1n) is 38.6. The number of nitrogens with zero attached hydrogens (tertiary/aromatic N) is 5. The molecule has 1 aliphatic carbocycles. The van der Waals surface area contributed by atoms with Gasteiger partial charge in [0.2, 0.25) is 0 Å². The number of fused-ring (bicyclic) bond motifs is 10. The number of rotatable bonds is 15. The highest BCUT2D eigenvalue weighted by Crippen LogP contribution is 2.55. The first-order chi connectivity index (χ1) is 56.6. The van der Waals surface area contributed by atoms with Crippen LogP contribution in [0.25, 0.3) is 123 Å². The molecule has 3 aliphatic rings. The third-order valence-corrected chi connectivity index (χ3v) is 21.7. The van der Waals surface area contributed by atoms with E-state index in [9.17, 15) is 0 Å². The summed E-state index contributed by atoms with van der Waals surface area (Å²) in [5, 5.41) is 1.77. The van der Waals surface area contributed by atoms with E-state index in [1.807, 2.05) is 48.8 Å². The summed E-state index contributed by atoms with van der Waals surface area (Å²) < 4.78 is 0. The number of aliphatic imine (C=N–C) groups is 2. The maximum Gasteiger partial charge on any atom is 0.0900 e. The number of hydrogen-bond acceptors (Lipinski definition) is 5. The second-order valence-electron chi connectivity index (χ2n) is 28.5. The highest BCUT2D eigenvalue weighted by Gasteiger charge is 2.40. The molecule has 114 heavy (non-hydrogen) atoms. The van der Waals surface area contributed by atoms with E-state index >= 15 is 0 Å². The van der Waals surface area contributed by atoms with Gasteiger partial charge in [-0.15, -0.1) is 0 Å². The monoisotopic (exact) mass is 1450 g/mol. The number of benzene rings is 12. The third-order valence-electron chi connectivity index (χ3n) is 21.7. The molecule has 17 aromatic rings. The number of allylic oxidation sites excluding steroid dienone is 4. The molecule has 5 aromatic heterocycles. The molecule has 534 valence electrons. The van der Waals surface area contributed by atoms with Gasteiger partial charge >= 0.3 is 0 Å². The van der Waals surface area contributed by atoms with Crippen molar-refractivity contribution in [3.05, 3.63) is 497 Å². The van der Waals surface area contributed by atoms with Crippen LogP contribution in [0.2, 0.25) is 0 Å². The van der Waals surface area contributed by atoms with Gasteiger partial charge in [-0.2, -0.15) is 0 Å². The van der Waals surface area contributed by atoms with Gasteiger partial charge in [-0.1, -0.05) is 370 Å². The lowest BCUT2D eigenvalue weighted by Crippen LogP contribution is -2.23. The minimum atomic E-state index is 0.738. The van der Waals surface area contributed by atoms with E-state index in [1.54, 1.807) is 0 Å². The Morgan fingerprint density at radius 2 is 0.430 bits per heavy atom. The Morgan fingerprint density at radius 1 is 0.175 bits per heavy atom. The van der Waals surface area contributed by atoms with Crippen molar-refractivity contribution in [3.63, 3.8) is 0 Å². The normalized spacial score (nSPS) is 13.4. The Morgan fingerprint density at radius 3 is 0.737 bits per heavy atom. The molecule has 8 bridgehead atoms. The molecule has 12 aromatic carbocycles. The molecule has 2 aliphatic heterocycles. The molecule has 0 unspecified atom stereocenters. The van der Waals surface area contributed by atoms with E-state index in [0.717, 1.165) is 212 Å². The number of hydrogen-bond donors (Lipinski definition) is 2. The third kappa shape index (κ3) is 12.4. The molecule has 0 amide bonds. The minimum Gasteiger partial charge on any atom is -0.353 e. The zero-order valence-corrected chi connectivity index (χ0v) is 62.1. The summed E-state index contributed by atoms with van der Waals surface area (Å²) in [6.45, 7) is 0. The van der Waals surface area contributed by atoms with Crippen molar-refractivity contribution < 1.29 is 0 Å². The SMILES string of the molecule is c1ccc(C2=C(c3ccccc3)C3=C(c4ccccc4)c4[nH]c(c(-c5ccccc5)c4-c4ccccc4)C(c4ccc(-c5cc(-c6ccccn6)nc(-c6ccccn6)c5)cc4)=C4N=C(C(c5ccccc5)=C4c4ccccc4)C(c4ccccc4)=c4[nH]c(c(-c5ccccc5)c4-c4ccccc4)=C(c4ccccc4)C2=N3)cc1. The first kappa shape index (κ1) is 68.0. The Hall–Kier alpha value is -15.3. The number of pyridine rings is 3. The van der Waals surface area contributed by atoms with E-state index in [-0.39, 0.29) is 0 Å². The van der Waals surface area contributed by atoms with Crippen molar-refractivity contribution in [2.45, 2.75) is 0 Å². The molecule has 0 fully saturated rings. The average molecular weight is 1450 g/mol. The Kier molecular flexibility index (Phi) is 17.9. The predicted octanol–water partition coefficient (Wildman–Crippen LogP) is 24.0. The van der Waals surface area contributed by atoms with E-state index in [1.165, 1.54) is 0 Å². The fourth-order valence-electron chi connectivity index (χ4n) is 16.7. The smallest absolute Gasteiger partial charge is 0.0900 e. The molecular formula is C107H71N7. The van der Waals surface area contributed by atoms with Crippen LogP contribution in [0, 0.1) is 0 Å². The molecule has 20 rings (SSSR count). The summed E-state index contributed by atoms with van der Waals surface area (Å²) >= 11 is 0. The second kappa shape index (κ2) is 29.9. The standard InChI is InChI=1S/C107H71N7/c1-12-38-71(39-13-1)88-90(73-42-16-3-17-43-73)102-97(80-56-30-10-31-57-80)104-92(75-46-20-5-21-47-75)94(77-50-24-7-25-51-77)106(113-104)99(82-64-62-70(63-65-82)83-68-86(84-60-34-36-66-108-84)110-87(69-83)85-61-35-37-67-109-85)107-95(78-52-26-8-27-53-78)93(76-48-22-6-23-49-76)105(114-107)98(81-58-32-11-33-59-81)103-91(74-44-18-4-19-45-74)89(72-40-14-2-15-41-72)101(112-103)96(100(88)111-102)79-54-28-9-29-55-79/h1-69,111,114H. The summed E-state index contributed by atoms with van der Waals surface area (Å²) in [7, 11) is 0. The lowest BCUT2D eigenvalue weighted by molar-refractivity contribution is 1.22. The summed E-state index contributed by atoms with van der Waals surface area (Å²) in [4.78, 5) is 37.2. The van der Waals surface area contributed by atoms with E-state index in [0.29, 0.717) is 0 Å². The number of H-pyrrole nitrogens is 2. The first-order valence-corrected chi connectivity index (χ1v) is 38.6. The Balaban J connectivity index is 1.06. The van der Waals surface area contributed by atoms with Gasteiger partial charge in [0.15, 0.2) is 0 Å². The van der Waals surface area contributed by atoms with Crippen LogP contribution in [0.15, 0.2) is 440 Å². The lowest BCUT2D eigenvalue weighted by atomic mass is 9.83. The zero-order chi connectivity index (χ0) is 75.7. The predicted molar refractivity (Wildman–Crippen MR) is 469 cm³/mol. The number of nitrogens with one attached hydrogen (secondary N) is 2. The largest absolute Gasteiger partial charge is 0.353 e. The van der Waals surface area contributed by atoms with Crippen molar-refractivity contribution in [1.29, 1.82) is 0 Å². The Bertz CT molecular complexity index is 6740. The fraction of sp³-hybridized carbons (Fsp3) is 0. The maximum atomic E-state index is 6.63. The van der Waals surface area contributed by atoms with Crippen LogP contribution in [0.4, 0.5) is 0 Å². The van der Waals surface area contributed by atoms with Gasteiger partial charge in [-0.05, 0) is 114 Å². The number of aromatic amines is 2. The van der Waals surface area contributed by atoms with Crippen LogP contribution in [0.3, 0.4) is 0 Å². The van der Waals surface area contributed by atoms with Gasteiger partial charge in [0.25, 0.3) is 0 Å². The van der Waals surface area contributed by atoms with Crippen LogP contribution < -0.4 is 10.7 Å². The van der Waals surface area contributed by atoms with Gasteiger partial charge < -0.3 is 9.97 Å². The second-order valence-corrected chi connectivity index (χ2v) is 28.5. The summed E-state index contributed by atoms with van der Waals surface area (Å²) in [6, 6.07) is 146. The molecule has 0 saturated carbocycles. The van der Waals surface area contributed by atoms with Crippen molar-refractivity contribution >= 4 is 56.0 Å². The van der Waals surface area contributed by atoms with Gasteiger partial charge in [-0.25, -0.2) is 15.0 Å². The van der Waals surface area contributed by atoms with Crippen molar-refractivity contribution in [2.24, 2.45) is 9.98 Å². The van der Waals surface area contributed by atoms with Crippen molar-refractivity contribution in [1.82, 2.24) is 24.9 Å². The van der Waals surface area contributed by atoms with E-state index < -0.39 is 0 Å². The lowest BCUT2D eigenvalue weighted by Gasteiger charge is -2.18. The minimum absolute atomic E-state index is 0.738. The molecule has 7 nitrogen and oxygen atoms in total. The average Bonchev–Trinajstić information content (AvgIpc) is 1.55. The van der Waals surface area contributed by atoms with E-state index in [2.05, 4.69) is 380 Å². The molecule has 7 heterocycles. The zero-order valence-electron chi connectivity index (χ0n) is 62.1. The fourth-order valence-corrected chi connectivity index (χ4v) is 16.7. The van der Waals surface area contributed by atoms with E-state index in [4.69, 9.17) is 24.9 Å². The Labute approximate surface area is 661 Å². The molecule has 0 spiro atoms. The summed E-state index contributed by atoms with van der Waals surface area (Å²) in [6.07, 6.45) is 3.64. The van der Waals surface area contributed by atoms with Crippen molar-refractivity contribution in [3.8, 4) is 78.4 Å². The molecule has 2 N–H and O–H groups in total. The maximum absolute atomic E-state index is 6.63. The number of aromatic nitrogens is 5. The summed E-state index contributed by atoms with van der Waals surface area (Å²) in [5.41, 5.74) is 33.2. The molecule has 0 atom stereocenters. The van der Waals surface area contributed by atoms with Gasteiger partial charge in [-0.3, -0.25) is 9.97 Å². The summed E-state index contributed by atoms with van der Waals surface area (Å²) in [5.74, 6) is 0. The topological polar surface area (TPSA) is 95.0 Å². The molecule has 7 heteroatoms. The van der Waals surface area contributed by atoms with Crippen LogP contribution in [-0.4, -0.2) is 36.3 Å².